The minimum atomic E-state index is -0.300. The summed E-state index contributed by atoms with van der Waals surface area (Å²) in [6, 6.07) is 0. The van der Waals surface area contributed by atoms with Crippen LogP contribution < -0.4 is 0 Å². The fourth-order valence-electron chi connectivity index (χ4n) is 2.21. The molecule has 110 valence electrons. The van der Waals surface area contributed by atoms with E-state index in [0.717, 1.165) is 38.5 Å². The minimum absolute atomic E-state index is 0.0612. The summed E-state index contributed by atoms with van der Waals surface area (Å²) in [6.07, 6.45) is 8.88. The first-order valence-electron chi connectivity index (χ1n) is 7.57. The van der Waals surface area contributed by atoms with Crippen molar-refractivity contribution in [2.75, 3.05) is 6.61 Å². The Morgan fingerprint density at radius 2 is 1.63 bits per heavy atom. The average molecular weight is 270 g/mol. The second kappa shape index (κ2) is 9.82. The van der Waals surface area contributed by atoms with Gasteiger partial charge in [-0.1, -0.05) is 26.2 Å². The molecule has 0 unspecified atom stereocenters. The maximum absolute atomic E-state index is 11.6. The molecule has 0 aromatic rings. The van der Waals surface area contributed by atoms with Gasteiger partial charge in [0.25, 0.3) is 0 Å². The topological polar surface area (TPSA) is 52.6 Å². The van der Waals surface area contributed by atoms with Gasteiger partial charge < -0.3 is 9.47 Å². The Hall–Kier alpha value is -1.06. The first-order chi connectivity index (χ1) is 9.22. The predicted octanol–water partition coefficient (Wildman–Crippen LogP) is 3.38. The zero-order chi connectivity index (χ0) is 13.9. The SMILES string of the molecule is CCCCOC(=O)CCC(=O)OC1CCCCCC1. The van der Waals surface area contributed by atoms with E-state index >= 15 is 0 Å². The van der Waals surface area contributed by atoms with Gasteiger partial charge in [0.05, 0.1) is 19.4 Å². The number of carbonyl (C=O) groups excluding carboxylic acids is 2. The van der Waals surface area contributed by atoms with Crippen LogP contribution in [0.1, 0.15) is 71.1 Å². The summed E-state index contributed by atoms with van der Waals surface area (Å²) in [5, 5.41) is 0. The molecule has 0 N–H and O–H groups in total. The molecule has 1 rings (SSSR count). The molecule has 4 nitrogen and oxygen atoms in total. The van der Waals surface area contributed by atoms with E-state index in [2.05, 4.69) is 0 Å². The lowest BCUT2D eigenvalue weighted by Crippen LogP contribution is -2.18. The number of rotatable bonds is 7. The molecule has 1 aliphatic rings. The van der Waals surface area contributed by atoms with Crippen LogP contribution in [0.4, 0.5) is 0 Å². The maximum Gasteiger partial charge on any atom is 0.306 e. The molecular formula is C15H26O4. The molecule has 0 amide bonds. The Morgan fingerprint density at radius 1 is 1.00 bits per heavy atom. The van der Waals surface area contributed by atoms with Gasteiger partial charge in [-0.05, 0) is 32.1 Å². The highest BCUT2D eigenvalue weighted by atomic mass is 16.5. The zero-order valence-corrected chi connectivity index (χ0v) is 12.0. The Morgan fingerprint density at radius 3 is 2.26 bits per heavy atom. The first-order valence-corrected chi connectivity index (χ1v) is 7.57. The van der Waals surface area contributed by atoms with Crippen LogP contribution in [0.5, 0.6) is 0 Å². The monoisotopic (exact) mass is 270 g/mol. The van der Waals surface area contributed by atoms with Gasteiger partial charge in [0.2, 0.25) is 0 Å². The quantitative estimate of drug-likeness (QED) is 0.404. The summed E-state index contributed by atoms with van der Waals surface area (Å²) < 4.78 is 10.4. The van der Waals surface area contributed by atoms with E-state index in [9.17, 15) is 9.59 Å². The van der Waals surface area contributed by atoms with Crippen molar-refractivity contribution < 1.29 is 19.1 Å². The van der Waals surface area contributed by atoms with Crippen molar-refractivity contribution in [1.29, 1.82) is 0 Å². The Labute approximate surface area is 115 Å². The smallest absolute Gasteiger partial charge is 0.306 e. The number of ether oxygens (including phenoxy) is 2. The van der Waals surface area contributed by atoms with Crippen LogP contribution in [0.25, 0.3) is 0 Å². The molecular weight excluding hydrogens is 244 g/mol. The number of carbonyl (C=O) groups is 2. The van der Waals surface area contributed by atoms with Gasteiger partial charge >= 0.3 is 11.9 Å². The third-order valence-corrected chi connectivity index (χ3v) is 3.39. The lowest BCUT2D eigenvalue weighted by atomic mass is 10.1. The van der Waals surface area contributed by atoms with Gasteiger partial charge in [0, 0.05) is 0 Å². The van der Waals surface area contributed by atoms with Gasteiger partial charge in [-0.15, -0.1) is 0 Å². The van der Waals surface area contributed by atoms with Gasteiger partial charge in [-0.25, -0.2) is 0 Å². The highest BCUT2D eigenvalue weighted by Gasteiger charge is 2.17. The normalized spacial score (nSPS) is 16.7. The highest BCUT2D eigenvalue weighted by molar-refractivity contribution is 5.77. The summed E-state index contributed by atoms with van der Waals surface area (Å²) in [4.78, 5) is 23.0. The van der Waals surface area contributed by atoms with E-state index in [1.165, 1.54) is 12.8 Å². The molecule has 4 heteroatoms. The number of hydrogen-bond acceptors (Lipinski definition) is 4. The summed E-state index contributed by atoms with van der Waals surface area (Å²) in [5.74, 6) is -0.564. The first kappa shape index (κ1) is 16.0. The third kappa shape index (κ3) is 7.85. The predicted molar refractivity (Wildman–Crippen MR) is 72.7 cm³/mol. The molecule has 0 aromatic carbocycles. The Kier molecular flexibility index (Phi) is 8.26. The van der Waals surface area contributed by atoms with Crippen molar-refractivity contribution in [3.8, 4) is 0 Å². The number of esters is 2. The van der Waals surface area contributed by atoms with Crippen LogP contribution >= 0.6 is 0 Å². The fourth-order valence-corrected chi connectivity index (χ4v) is 2.21. The van der Waals surface area contributed by atoms with E-state index in [4.69, 9.17) is 9.47 Å². The summed E-state index contributed by atoms with van der Waals surface area (Å²) in [6.45, 7) is 2.49. The largest absolute Gasteiger partial charge is 0.466 e. The van der Waals surface area contributed by atoms with E-state index in [0.29, 0.717) is 6.61 Å². The molecule has 0 radical (unpaired) electrons. The van der Waals surface area contributed by atoms with Gasteiger partial charge in [-0.3, -0.25) is 9.59 Å². The molecule has 19 heavy (non-hydrogen) atoms. The van der Waals surface area contributed by atoms with E-state index in [-0.39, 0.29) is 30.9 Å². The Balaban J connectivity index is 2.11. The van der Waals surface area contributed by atoms with Crippen molar-refractivity contribution in [1.82, 2.24) is 0 Å². The maximum atomic E-state index is 11.6. The van der Waals surface area contributed by atoms with Crippen LogP contribution in [-0.4, -0.2) is 24.6 Å². The standard InChI is InChI=1S/C15H26O4/c1-2-3-12-18-14(16)10-11-15(17)19-13-8-6-4-5-7-9-13/h13H,2-12H2,1H3. The molecule has 0 saturated heterocycles. The van der Waals surface area contributed by atoms with E-state index < -0.39 is 0 Å². The molecule has 0 heterocycles. The van der Waals surface area contributed by atoms with Gasteiger partial charge in [0.1, 0.15) is 6.10 Å². The molecule has 0 spiro atoms. The molecule has 0 aliphatic heterocycles. The molecule has 1 saturated carbocycles. The molecule has 0 bridgehead atoms. The summed E-state index contributed by atoms with van der Waals surface area (Å²) in [7, 11) is 0. The molecule has 1 aliphatic carbocycles. The van der Waals surface area contributed by atoms with E-state index in [1.54, 1.807) is 0 Å². The summed E-state index contributed by atoms with van der Waals surface area (Å²) in [5.41, 5.74) is 0. The minimum Gasteiger partial charge on any atom is -0.466 e. The molecule has 0 aromatic heterocycles. The third-order valence-electron chi connectivity index (χ3n) is 3.39. The average Bonchev–Trinajstić information content (AvgIpc) is 2.65. The molecule has 0 atom stereocenters. The van der Waals surface area contributed by atoms with Crippen molar-refractivity contribution in [2.45, 2.75) is 77.2 Å². The lowest BCUT2D eigenvalue weighted by Gasteiger charge is -2.15. The van der Waals surface area contributed by atoms with Crippen LogP contribution in [0.3, 0.4) is 0 Å². The lowest BCUT2D eigenvalue weighted by molar-refractivity contribution is -0.154. The van der Waals surface area contributed by atoms with Gasteiger partial charge in [0.15, 0.2) is 0 Å². The van der Waals surface area contributed by atoms with Crippen molar-refractivity contribution in [2.24, 2.45) is 0 Å². The van der Waals surface area contributed by atoms with Crippen molar-refractivity contribution >= 4 is 11.9 Å². The van der Waals surface area contributed by atoms with Crippen molar-refractivity contribution in [3.05, 3.63) is 0 Å². The van der Waals surface area contributed by atoms with Crippen LogP contribution in [0.15, 0.2) is 0 Å². The van der Waals surface area contributed by atoms with Crippen LogP contribution in [-0.2, 0) is 19.1 Å². The number of hydrogen-bond donors (Lipinski definition) is 0. The zero-order valence-electron chi connectivity index (χ0n) is 12.0. The second-order valence-corrected chi connectivity index (χ2v) is 5.18. The number of unbranched alkanes of at least 4 members (excludes halogenated alkanes) is 1. The summed E-state index contributed by atoms with van der Waals surface area (Å²) >= 11 is 0. The fraction of sp³-hybridized carbons (Fsp3) is 0.867. The van der Waals surface area contributed by atoms with E-state index in [1.807, 2.05) is 6.92 Å². The van der Waals surface area contributed by atoms with Crippen molar-refractivity contribution in [3.63, 3.8) is 0 Å². The van der Waals surface area contributed by atoms with Crippen LogP contribution in [0.2, 0.25) is 0 Å². The van der Waals surface area contributed by atoms with Gasteiger partial charge in [-0.2, -0.15) is 0 Å². The second-order valence-electron chi connectivity index (χ2n) is 5.18. The molecule has 1 fully saturated rings. The highest BCUT2D eigenvalue weighted by Crippen LogP contribution is 2.20. The van der Waals surface area contributed by atoms with Crippen LogP contribution in [0, 0.1) is 0 Å². The Bertz CT molecular complexity index is 267.